The number of hydrogen-bond acceptors (Lipinski definition) is 2. The molecule has 1 rings (SSSR count). The normalized spacial score (nSPS) is 19.0. The molecular weight excluding hydrogens is 160 g/mol. The first kappa shape index (κ1) is 10.7. The molecule has 0 amide bonds. The first-order valence-electron chi connectivity index (χ1n) is 5.36. The van der Waals surface area contributed by atoms with Gasteiger partial charge in [0.05, 0.1) is 0 Å². The zero-order chi connectivity index (χ0) is 9.68. The third-order valence-electron chi connectivity index (χ3n) is 2.83. The van der Waals surface area contributed by atoms with Crippen molar-refractivity contribution in [2.45, 2.75) is 32.2 Å². The van der Waals surface area contributed by atoms with Gasteiger partial charge < -0.3 is 5.73 Å². The Bertz CT molecular complexity index is 148. The maximum atomic E-state index is 5.70. The third-order valence-corrected chi connectivity index (χ3v) is 2.83. The van der Waals surface area contributed by atoms with E-state index in [0.29, 0.717) is 5.92 Å². The fourth-order valence-electron chi connectivity index (χ4n) is 1.68. The molecule has 0 aromatic rings. The molecule has 0 aromatic carbocycles. The molecule has 1 aliphatic carbocycles. The highest BCUT2D eigenvalue weighted by molar-refractivity contribution is 4.89. The first-order chi connectivity index (χ1) is 6.31. The molecule has 0 heterocycles. The highest BCUT2D eigenvalue weighted by atomic mass is 15.2. The smallest absolute Gasteiger partial charge is 0.0163 e. The van der Waals surface area contributed by atoms with Crippen LogP contribution in [-0.4, -0.2) is 30.6 Å². The van der Waals surface area contributed by atoms with Crippen molar-refractivity contribution < 1.29 is 0 Å². The molecule has 0 saturated heterocycles. The molecule has 76 valence electrons. The van der Waals surface area contributed by atoms with Gasteiger partial charge in [-0.05, 0) is 25.3 Å². The van der Waals surface area contributed by atoms with Crippen LogP contribution in [-0.2, 0) is 0 Å². The van der Waals surface area contributed by atoms with Crippen molar-refractivity contribution in [3.05, 3.63) is 12.7 Å². The van der Waals surface area contributed by atoms with Crippen LogP contribution in [0.2, 0.25) is 0 Å². The monoisotopic (exact) mass is 182 g/mol. The summed E-state index contributed by atoms with van der Waals surface area (Å²) < 4.78 is 0. The summed E-state index contributed by atoms with van der Waals surface area (Å²) in [6.45, 7) is 9.02. The second-order valence-corrected chi connectivity index (χ2v) is 3.98. The Morgan fingerprint density at radius 1 is 1.62 bits per heavy atom. The minimum Gasteiger partial charge on any atom is -0.330 e. The van der Waals surface area contributed by atoms with Crippen molar-refractivity contribution in [1.29, 1.82) is 0 Å². The lowest BCUT2D eigenvalue weighted by molar-refractivity contribution is 0.242. The average molecular weight is 182 g/mol. The fourth-order valence-corrected chi connectivity index (χ4v) is 1.68. The lowest BCUT2D eigenvalue weighted by atomic mass is 10.1. The summed E-state index contributed by atoms with van der Waals surface area (Å²) in [5, 5.41) is 0. The van der Waals surface area contributed by atoms with E-state index in [0.717, 1.165) is 25.7 Å². The standard InChI is InChI=1S/C11H22N2/c1-3-7-13(11-5-6-11)9-10(4-2)8-12/h3,10-11H,1,4-9,12H2,2H3. The number of nitrogens with zero attached hydrogens (tertiary/aromatic N) is 1. The summed E-state index contributed by atoms with van der Waals surface area (Å²) in [6.07, 6.45) is 5.93. The van der Waals surface area contributed by atoms with Crippen LogP contribution < -0.4 is 5.73 Å². The average Bonchev–Trinajstić information content (AvgIpc) is 2.95. The van der Waals surface area contributed by atoms with Crippen molar-refractivity contribution in [1.82, 2.24) is 4.90 Å². The van der Waals surface area contributed by atoms with E-state index in [1.165, 1.54) is 19.3 Å². The van der Waals surface area contributed by atoms with Gasteiger partial charge in [-0.3, -0.25) is 4.90 Å². The van der Waals surface area contributed by atoms with Crippen LogP contribution in [0.5, 0.6) is 0 Å². The SMILES string of the molecule is C=CCN(CC(CC)CN)C1CC1. The van der Waals surface area contributed by atoms with Gasteiger partial charge in [-0.15, -0.1) is 6.58 Å². The predicted octanol–water partition coefficient (Wildman–Crippen LogP) is 1.62. The van der Waals surface area contributed by atoms with Crippen molar-refractivity contribution >= 4 is 0 Å². The minimum absolute atomic E-state index is 0.667. The minimum atomic E-state index is 0.667. The Hall–Kier alpha value is -0.340. The zero-order valence-corrected chi connectivity index (χ0v) is 8.71. The lowest BCUT2D eigenvalue weighted by Gasteiger charge is -2.24. The Balaban J connectivity index is 2.31. The Labute approximate surface area is 81.8 Å². The van der Waals surface area contributed by atoms with E-state index in [2.05, 4.69) is 18.4 Å². The molecule has 1 aliphatic rings. The molecule has 1 atom stereocenters. The summed E-state index contributed by atoms with van der Waals surface area (Å²) in [6, 6.07) is 0.832. The Morgan fingerprint density at radius 3 is 2.69 bits per heavy atom. The van der Waals surface area contributed by atoms with Crippen LogP contribution in [0.3, 0.4) is 0 Å². The van der Waals surface area contributed by atoms with E-state index < -0.39 is 0 Å². The van der Waals surface area contributed by atoms with Crippen LogP contribution in [0.15, 0.2) is 12.7 Å². The summed E-state index contributed by atoms with van der Waals surface area (Å²) in [5.41, 5.74) is 5.70. The summed E-state index contributed by atoms with van der Waals surface area (Å²) in [4.78, 5) is 2.52. The molecule has 1 fully saturated rings. The van der Waals surface area contributed by atoms with E-state index in [1.807, 2.05) is 6.08 Å². The van der Waals surface area contributed by atoms with Gasteiger partial charge in [0.15, 0.2) is 0 Å². The largest absolute Gasteiger partial charge is 0.330 e. The van der Waals surface area contributed by atoms with Gasteiger partial charge in [-0.25, -0.2) is 0 Å². The highest BCUT2D eigenvalue weighted by Crippen LogP contribution is 2.27. The maximum absolute atomic E-state index is 5.70. The van der Waals surface area contributed by atoms with Gasteiger partial charge in [0.25, 0.3) is 0 Å². The van der Waals surface area contributed by atoms with Gasteiger partial charge in [-0.2, -0.15) is 0 Å². The predicted molar refractivity (Wildman–Crippen MR) is 57.6 cm³/mol. The lowest BCUT2D eigenvalue weighted by Crippen LogP contribution is -2.34. The third kappa shape index (κ3) is 3.49. The van der Waals surface area contributed by atoms with Crippen molar-refractivity contribution in [3.8, 4) is 0 Å². The highest BCUT2D eigenvalue weighted by Gasteiger charge is 2.28. The number of nitrogens with two attached hydrogens (primary N) is 1. The van der Waals surface area contributed by atoms with Gasteiger partial charge in [-0.1, -0.05) is 19.4 Å². The number of hydrogen-bond donors (Lipinski definition) is 1. The van der Waals surface area contributed by atoms with Crippen LogP contribution in [0.1, 0.15) is 26.2 Å². The van der Waals surface area contributed by atoms with E-state index in [9.17, 15) is 0 Å². The van der Waals surface area contributed by atoms with Crippen molar-refractivity contribution in [3.63, 3.8) is 0 Å². The molecule has 1 saturated carbocycles. The maximum Gasteiger partial charge on any atom is 0.0163 e. The first-order valence-corrected chi connectivity index (χ1v) is 5.36. The molecule has 0 aromatic heterocycles. The van der Waals surface area contributed by atoms with E-state index in [4.69, 9.17) is 5.73 Å². The molecule has 0 spiro atoms. The molecule has 2 heteroatoms. The molecule has 0 aliphatic heterocycles. The molecule has 0 radical (unpaired) electrons. The molecule has 0 bridgehead atoms. The summed E-state index contributed by atoms with van der Waals surface area (Å²) in [7, 11) is 0. The summed E-state index contributed by atoms with van der Waals surface area (Å²) >= 11 is 0. The Morgan fingerprint density at radius 2 is 2.31 bits per heavy atom. The van der Waals surface area contributed by atoms with Gasteiger partial charge in [0.2, 0.25) is 0 Å². The van der Waals surface area contributed by atoms with Crippen molar-refractivity contribution in [2.75, 3.05) is 19.6 Å². The molecule has 2 nitrogen and oxygen atoms in total. The van der Waals surface area contributed by atoms with Gasteiger partial charge in [0.1, 0.15) is 0 Å². The second kappa shape index (κ2) is 5.40. The van der Waals surface area contributed by atoms with Crippen molar-refractivity contribution in [2.24, 2.45) is 11.7 Å². The molecule has 2 N–H and O–H groups in total. The zero-order valence-electron chi connectivity index (χ0n) is 8.71. The molecule has 1 unspecified atom stereocenters. The topological polar surface area (TPSA) is 29.3 Å². The fraction of sp³-hybridized carbons (Fsp3) is 0.818. The van der Waals surface area contributed by atoms with Gasteiger partial charge in [0, 0.05) is 19.1 Å². The Kier molecular flexibility index (Phi) is 4.46. The van der Waals surface area contributed by atoms with E-state index >= 15 is 0 Å². The molecular formula is C11H22N2. The van der Waals surface area contributed by atoms with Crippen LogP contribution in [0.4, 0.5) is 0 Å². The van der Waals surface area contributed by atoms with Crippen LogP contribution in [0, 0.1) is 5.92 Å². The second-order valence-electron chi connectivity index (χ2n) is 3.98. The quantitative estimate of drug-likeness (QED) is 0.606. The molecule has 13 heavy (non-hydrogen) atoms. The van der Waals surface area contributed by atoms with Crippen LogP contribution >= 0.6 is 0 Å². The number of rotatable bonds is 7. The van der Waals surface area contributed by atoms with Crippen LogP contribution in [0.25, 0.3) is 0 Å². The van der Waals surface area contributed by atoms with E-state index in [1.54, 1.807) is 0 Å². The summed E-state index contributed by atoms with van der Waals surface area (Å²) in [5.74, 6) is 0.667. The van der Waals surface area contributed by atoms with E-state index in [-0.39, 0.29) is 0 Å². The van der Waals surface area contributed by atoms with Gasteiger partial charge >= 0.3 is 0 Å².